The van der Waals surface area contributed by atoms with Crippen LogP contribution in [0, 0.1) is 0 Å². The summed E-state index contributed by atoms with van der Waals surface area (Å²) in [6.45, 7) is 3.15. The molecule has 0 saturated carbocycles. The number of aryl methyl sites for hydroxylation is 2. The largest absolute Gasteiger partial charge is 0.387 e. The molecule has 0 radical (unpaired) electrons. The second kappa shape index (κ2) is 4.91. The van der Waals surface area contributed by atoms with Gasteiger partial charge in [-0.05, 0) is 56.2 Å². The van der Waals surface area contributed by atoms with Crippen molar-refractivity contribution in [1.82, 2.24) is 0 Å². The van der Waals surface area contributed by atoms with Gasteiger partial charge in [0, 0.05) is 6.26 Å². The van der Waals surface area contributed by atoms with Crippen LogP contribution in [0.4, 0.5) is 0 Å². The quantitative estimate of drug-likeness (QED) is 0.926. The van der Waals surface area contributed by atoms with Gasteiger partial charge >= 0.3 is 0 Å². The lowest BCUT2D eigenvalue weighted by molar-refractivity contribution is 0.139. The van der Waals surface area contributed by atoms with Crippen molar-refractivity contribution < 1.29 is 13.5 Å². The summed E-state index contributed by atoms with van der Waals surface area (Å²) in [5, 5.41) is 10.4. The van der Waals surface area contributed by atoms with E-state index in [-0.39, 0.29) is 0 Å². The molecule has 0 bridgehead atoms. The first kappa shape index (κ1) is 14.5. The smallest absolute Gasteiger partial charge is 0.155 e. The summed E-state index contributed by atoms with van der Waals surface area (Å²) in [5.41, 5.74) is 3.29. The Kier molecular flexibility index (Phi) is 3.76. The van der Waals surface area contributed by atoms with E-state index in [2.05, 4.69) is 0 Å². The van der Waals surface area contributed by atoms with Gasteiger partial charge in [-0.1, -0.05) is 18.2 Å². The highest BCUT2D eigenvalue weighted by Crippen LogP contribution is 2.34. The molecule has 1 atom stereocenters. The molecule has 1 aromatic carbocycles. The highest BCUT2D eigenvalue weighted by Gasteiger charge is 2.39. The average molecular weight is 282 g/mol. The Morgan fingerprint density at radius 3 is 2.32 bits per heavy atom. The molecule has 106 valence electrons. The van der Waals surface area contributed by atoms with Gasteiger partial charge in [-0.25, -0.2) is 8.42 Å². The molecule has 1 unspecified atom stereocenters. The number of sulfone groups is 1. The highest BCUT2D eigenvalue weighted by molar-refractivity contribution is 7.92. The molecule has 0 heterocycles. The normalized spacial score (nSPS) is 17.9. The number of hydrogen-bond acceptors (Lipinski definition) is 3. The lowest BCUT2D eigenvalue weighted by Crippen LogP contribution is -2.37. The van der Waals surface area contributed by atoms with Gasteiger partial charge in [0.2, 0.25) is 0 Å². The standard InChI is InChI=1S/C15H22O3S/c1-15(2,19(3,17)18)14(16)13-9-8-11-6-4-5-7-12(11)10-13/h8-10,14,16H,4-7H2,1-3H3. The van der Waals surface area contributed by atoms with Crippen LogP contribution in [0.1, 0.15) is 49.5 Å². The van der Waals surface area contributed by atoms with Crippen molar-refractivity contribution in [2.75, 3.05) is 6.26 Å². The minimum absolute atomic E-state index is 0.705. The lowest BCUT2D eigenvalue weighted by Gasteiger charge is -2.29. The van der Waals surface area contributed by atoms with E-state index >= 15 is 0 Å². The van der Waals surface area contributed by atoms with Crippen molar-refractivity contribution in [3.8, 4) is 0 Å². The molecule has 2 rings (SSSR count). The van der Waals surface area contributed by atoms with Gasteiger partial charge in [0.1, 0.15) is 0 Å². The maximum absolute atomic E-state index is 11.8. The van der Waals surface area contributed by atoms with E-state index in [1.54, 1.807) is 13.8 Å². The van der Waals surface area contributed by atoms with Crippen LogP contribution in [-0.4, -0.2) is 24.5 Å². The fourth-order valence-corrected chi connectivity index (χ4v) is 3.07. The maximum atomic E-state index is 11.8. The zero-order valence-electron chi connectivity index (χ0n) is 11.8. The van der Waals surface area contributed by atoms with Crippen LogP contribution < -0.4 is 0 Å². The topological polar surface area (TPSA) is 54.4 Å². The molecule has 0 aromatic heterocycles. The van der Waals surface area contributed by atoms with Crippen LogP contribution in [0.15, 0.2) is 18.2 Å². The van der Waals surface area contributed by atoms with Gasteiger partial charge in [0.25, 0.3) is 0 Å². The van der Waals surface area contributed by atoms with E-state index in [9.17, 15) is 13.5 Å². The molecule has 0 aliphatic heterocycles. The number of fused-ring (bicyclic) bond motifs is 1. The highest BCUT2D eigenvalue weighted by atomic mass is 32.2. The Hall–Kier alpha value is -0.870. The predicted octanol–water partition coefficient (Wildman–Crippen LogP) is 2.42. The van der Waals surface area contributed by atoms with Crippen molar-refractivity contribution in [3.05, 3.63) is 34.9 Å². The second-order valence-corrected chi connectivity index (χ2v) is 8.61. The number of hydrogen-bond donors (Lipinski definition) is 1. The lowest BCUT2D eigenvalue weighted by atomic mass is 9.88. The van der Waals surface area contributed by atoms with Gasteiger partial charge in [-0.3, -0.25) is 0 Å². The third-order valence-electron chi connectivity index (χ3n) is 4.30. The monoisotopic (exact) mass is 282 g/mol. The van der Waals surface area contributed by atoms with Gasteiger partial charge in [-0.15, -0.1) is 0 Å². The molecule has 0 spiro atoms. The van der Waals surface area contributed by atoms with Crippen LogP contribution in [0.2, 0.25) is 0 Å². The third kappa shape index (κ3) is 2.70. The van der Waals surface area contributed by atoms with Crippen LogP contribution >= 0.6 is 0 Å². The van der Waals surface area contributed by atoms with Crippen LogP contribution in [-0.2, 0) is 22.7 Å². The summed E-state index contributed by atoms with van der Waals surface area (Å²) in [4.78, 5) is 0. The van der Waals surface area contributed by atoms with Gasteiger partial charge in [-0.2, -0.15) is 0 Å². The molecule has 1 aliphatic carbocycles. The van der Waals surface area contributed by atoms with Crippen molar-refractivity contribution in [1.29, 1.82) is 0 Å². The fourth-order valence-electron chi connectivity index (χ4n) is 2.53. The Balaban J connectivity index is 2.37. The number of aliphatic hydroxyl groups excluding tert-OH is 1. The Labute approximate surface area is 115 Å². The van der Waals surface area contributed by atoms with E-state index in [1.807, 2.05) is 18.2 Å². The first-order valence-corrected chi connectivity index (χ1v) is 8.62. The summed E-state index contributed by atoms with van der Waals surface area (Å²) in [6, 6.07) is 5.87. The van der Waals surface area contributed by atoms with E-state index < -0.39 is 20.7 Å². The van der Waals surface area contributed by atoms with E-state index in [1.165, 1.54) is 30.2 Å². The zero-order chi connectivity index (χ0) is 14.3. The van der Waals surface area contributed by atoms with Gasteiger partial charge in [0.15, 0.2) is 9.84 Å². The first-order chi connectivity index (χ1) is 8.73. The molecule has 19 heavy (non-hydrogen) atoms. The minimum atomic E-state index is -3.32. The number of benzene rings is 1. The summed E-state index contributed by atoms with van der Waals surface area (Å²) in [5.74, 6) is 0. The van der Waals surface area contributed by atoms with Crippen LogP contribution in [0.3, 0.4) is 0 Å². The van der Waals surface area contributed by atoms with Crippen molar-refractivity contribution >= 4 is 9.84 Å². The molecule has 0 saturated heterocycles. The second-order valence-electron chi connectivity index (χ2n) is 6.01. The van der Waals surface area contributed by atoms with E-state index in [4.69, 9.17) is 0 Å². The summed E-state index contributed by atoms with van der Waals surface area (Å²) in [6.07, 6.45) is 4.67. The van der Waals surface area contributed by atoms with E-state index in [0.29, 0.717) is 5.56 Å². The van der Waals surface area contributed by atoms with Crippen LogP contribution in [0.25, 0.3) is 0 Å². The van der Waals surface area contributed by atoms with Crippen LogP contribution in [0.5, 0.6) is 0 Å². The zero-order valence-corrected chi connectivity index (χ0v) is 12.6. The first-order valence-electron chi connectivity index (χ1n) is 6.73. The minimum Gasteiger partial charge on any atom is -0.387 e. The predicted molar refractivity (Wildman–Crippen MR) is 77.0 cm³/mol. The molecule has 1 aliphatic rings. The molecule has 1 N–H and O–H groups in total. The molecular weight excluding hydrogens is 260 g/mol. The molecule has 0 fully saturated rings. The summed E-state index contributed by atoms with van der Waals surface area (Å²) >= 11 is 0. The molecular formula is C15H22O3S. The van der Waals surface area contributed by atoms with Crippen molar-refractivity contribution in [2.45, 2.75) is 50.4 Å². The maximum Gasteiger partial charge on any atom is 0.155 e. The van der Waals surface area contributed by atoms with Crippen molar-refractivity contribution in [2.24, 2.45) is 0 Å². The Morgan fingerprint density at radius 1 is 1.16 bits per heavy atom. The number of aliphatic hydroxyl groups is 1. The molecule has 4 heteroatoms. The molecule has 0 amide bonds. The Bertz CT molecular complexity index is 573. The fraction of sp³-hybridized carbons (Fsp3) is 0.600. The Morgan fingerprint density at radius 2 is 1.74 bits per heavy atom. The average Bonchev–Trinajstić information content (AvgIpc) is 2.36. The SMILES string of the molecule is CC(C)(C(O)c1ccc2c(c1)CCCC2)S(C)(=O)=O. The molecule has 1 aromatic rings. The van der Waals surface area contributed by atoms with Crippen molar-refractivity contribution in [3.63, 3.8) is 0 Å². The van der Waals surface area contributed by atoms with Gasteiger partial charge in [0.05, 0.1) is 10.9 Å². The third-order valence-corrected chi connectivity index (χ3v) is 6.44. The summed E-state index contributed by atoms with van der Waals surface area (Å²) < 4.78 is 22.4. The summed E-state index contributed by atoms with van der Waals surface area (Å²) in [7, 11) is -3.32. The van der Waals surface area contributed by atoms with E-state index in [0.717, 1.165) is 12.8 Å². The number of rotatable bonds is 3. The molecule has 3 nitrogen and oxygen atoms in total. The van der Waals surface area contributed by atoms with Gasteiger partial charge < -0.3 is 5.11 Å².